The summed E-state index contributed by atoms with van der Waals surface area (Å²) < 4.78 is 10.9. The van der Waals surface area contributed by atoms with Gasteiger partial charge in [-0.1, -0.05) is 26.0 Å². The van der Waals surface area contributed by atoms with E-state index in [0.717, 1.165) is 72.6 Å². The molecule has 2 aliphatic carbocycles. The molecule has 0 atom stereocenters. The average Bonchev–Trinajstić information content (AvgIpc) is 3.60. The van der Waals surface area contributed by atoms with Crippen molar-refractivity contribution in [2.24, 2.45) is 17.8 Å². The molecule has 2 amide bonds. The van der Waals surface area contributed by atoms with E-state index in [4.69, 9.17) is 14.5 Å². The summed E-state index contributed by atoms with van der Waals surface area (Å²) in [5.41, 5.74) is 2.58. The molecule has 2 N–H and O–H groups in total. The Kier molecular flexibility index (Phi) is 12.4. The number of alkyl carbamates (subject to hydrolysis) is 1. The Morgan fingerprint density at radius 3 is 2.37 bits per heavy atom. The normalized spacial score (nSPS) is 21.3. The lowest BCUT2D eigenvalue weighted by molar-refractivity contribution is -0.124. The Morgan fingerprint density at radius 1 is 1.02 bits per heavy atom. The highest BCUT2D eigenvalue weighted by Gasteiger charge is 2.34. The number of hydrogen-bond donors (Lipinski definition) is 2. The van der Waals surface area contributed by atoms with Crippen molar-refractivity contribution in [3.05, 3.63) is 58.9 Å². The molecule has 0 radical (unpaired) electrons. The second-order valence-electron chi connectivity index (χ2n) is 15.0. The maximum atomic E-state index is 14.4. The molecule has 266 valence electrons. The zero-order valence-electron chi connectivity index (χ0n) is 30.0. The molecule has 0 bridgehead atoms. The van der Waals surface area contributed by atoms with Crippen molar-refractivity contribution in [1.82, 2.24) is 15.3 Å². The average molecular weight is 691 g/mol. The van der Waals surface area contributed by atoms with Crippen LogP contribution in [-0.2, 0) is 9.53 Å². The molecule has 9 nitrogen and oxygen atoms in total. The summed E-state index contributed by atoms with van der Waals surface area (Å²) >= 11 is 1.70. The molecule has 5 rings (SSSR count). The van der Waals surface area contributed by atoms with Crippen molar-refractivity contribution in [2.45, 2.75) is 103 Å². The van der Waals surface area contributed by atoms with Crippen LogP contribution in [0, 0.1) is 24.7 Å². The van der Waals surface area contributed by atoms with Crippen LogP contribution in [0.5, 0.6) is 5.75 Å². The maximum Gasteiger partial charge on any atom is 0.407 e. The van der Waals surface area contributed by atoms with E-state index in [1.807, 2.05) is 23.4 Å². The van der Waals surface area contributed by atoms with Crippen LogP contribution in [0.25, 0.3) is 10.4 Å². The number of nitrogens with one attached hydrogen (secondary N) is 1. The number of ether oxygens (including phenoxy) is 2. The van der Waals surface area contributed by atoms with Gasteiger partial charge in [0.15, 0.2) is 0 Å². The second kappa shape index (κ2) is 16.5. The Bertz CT molecular complexity index is 1550. The molecule has 1 aromatic carbocycles. The fraction of sp³-hybridized carbons (Fsp3) is 0.590. The lowest BCUT2D eigenvalue weighted by Gasteiger charge is -2.36. The molecule has 10 heteroatoms. The molecule has 2 saturated carbocycles. The first kappa shape index (κ1) is 36.8. The number of methoxy groups -OCH3 is 1. The number of amides is 2. The SMILES string of the molecule is COc1ccc(C2CCC(CN(C(=O)C3CCC(COC(=O)NCC(C)(C)O)CC3)c3cc(-c4cnc(C(C)C)s4)ccn3)CC2)cc1C. The van der Waals surface area contributed by atoms with Gasteiger partial charge in [0.2, 0.25) is 5.91 Å². The van der Waals surface area contributed by atoms with E-state index < -0.39 is 11.7 Å². The predicted octanol–water partition coefficient (Wildman–Crippen LogP) is 8.26. The number of pyridine rings is 1. The number of hydrogen-bond acceptors (Lipinski definition) is 8. The molecule has 0 spiro atoms. The first-order chi connectivity index (χ1) is 23.4. The van der Waals surface area contributed by atoms with Crippen molar-refractivity contribution in [3.8, 4) is 16.2 Å². The topological polar surface area (TPSA) is 114 Å². The molecule has 2 fully saturated rings. The summed E-state index contributed by atoms with van der Waals surface area (Å²) in [4.78, 5) is 39.0. The number of benzene rings is 1. The minimum absolute atomic E-state index is 0.0970. The first-order valence-corrected chi connectivity index (χ1v) is 18.7. The van der Waals surface area contributed by atoms with Gasteiger partial charge in [-0.25, -0.2) is 14.8 Å². The third kappa shape index (κ3) is 10.0. The summed E-state index contributed by atoms with van der Waals surface area (Å²) in [7, 11) is 1.72. The third-order valence-electron chi connectivity index (χ3n) is 10.1. The zero-order valence-corrected chi connectivity index (χ0v) is 30.9. The van der Waals surface area contributed by atoms with Gasteiger partial charge < -0.3 is 19.9 Å². The van der Waals surface area contributed by atoms with Crippen LogP contribution in [0.2, 0.25) is 0 Å². The fourth-order valence-corrected chi connectivity index (χ4v) is 8.04. The van der Waals surface area contributed by atoms with Crippen LogP contribution in [0.1, 0.15) is 107 Å². The van der Waals surface area contributed by atoms with Crippen LogP contribution < -0.4 is 15.0 Å². The van der Waals surface area contributed by atoms with E-state index >= 15 is 0 Å². The quantitative estimate of drug-likeness (QED) is 0.197. The Morgan fingerprint density at radius 2 is 1.73 bits per heavy atom. The van der Waals surface area contributed by atoms with E-state index in [0.29, 0.717) is 36.7 Å². The van der Waals surface area contributed by atoms with Gasteiger partial charge in [-0.05, 0) is 125 Å². The number of aryl methyl sites for hydroxylation is 1. The molecular formula is C39H54N4O5S. The minimum Gasteiger partial charge on any atom is -0.496 e. The molecule has 49 heavy (non-hydrogen) atoms. The zero-order chi connectivity index (χ0) is 35.1. The number of thiazole rings is 1. The van der Waals surface area contributed by atoms with Crippen LogP contribution in [-0.4, -0.2) is 59.5 Å². The van der Waals surface area contributed by atoms with E-state index in [9.17, 15) is 14.7 Å². The monoisotopic (exact) mass is 690 g/mol. The summed E-state index contributed by atoms with van der Waals surface area (Å²) in [6.45, 7) is 10.8. The Labute approximate surface area is 295 Å². The number of nitrogens with zero attached hydrogens (tertiary/aromatic N) is 3. The van der Waals surface area contributed by atoms with Gasteiger partial charge in [0.1, 0.15) is 11.6 Å². The highest BCUT2D eigenvalue weighted by molar-refractivity contribution is 7.15. The summed E-state index contributed by atoms with van der Waals surface area (Å²) in [5.74, 6) is 3.17. The van der Waals surface area contributed by atoms with Gasteiger partial charge in [0, 0.05) is 37.3 Å². The van der Waals surface area contributed by atoms with E-state index in [-0.39, 0.29) is 24.3 Å². The maximum absolute atomic E-state index is 14.4. The Balaban J connectivity index is 1.26. The van der Waals surface area contributed by atoms with E-state index in [1.54, 1.807) is 32.3 Å². The minimum atomic E-state index is -0.996. The van der Waals surface area contributed by atoms with Gasteiger partial charge in [-0.3, -0.25) is 9.69 Å². The number of aliphatic hydroxyl groups is 1. The van der Waals surface area contributed by atoms with Crippen molar-refractivity contribution in [3.63, 3.8) is 0 Å². The number of carbonyl (C=O) groups excluding carboxylic acids is 2. The van der Waals surface area contributed by atoms with Gasteiger partial charge in [-0.15, -0.1) is 11.3 Å². The molecule has 2 heterocycles. The second-order valence-corrected chi connectivity index (χ2v) is 16.1. The standard InChI is InChI=1S/C39H54N4O5S/c1-25(2)36-41-21-34(49-36)32-17-18-40-35(20-32)43(22-27-7-11-29(12-8-27)31-15-16-33(47-6)26(3)19-31)37(44)30-13-9-28(10-14-30)23-48-38(45)42-24-39(4,5)46/h15-21,25,27-30,46H,7-14,22-24H2,1-6H3,(H,42,45). The molecule has 3 aromatic rings. The lowest BCUT2D eigenvalue weighted by Crippen LogP contribution is -2.42. The molecule has 2 aromatic heterocycles. The van der Waals surface area contributed by atoms with Crippen LogP contribution >= 0.6 is 11.3 Å². The van der Waals surface area contributed by atoms with Gasteiger partial charge in [0.25, 0.3) is 0 Å². The summed E-state index contributed by atoms with van der Waals surface area (Å²) in [5, 5.41) is 13.6. The molecular weight excluding hydrogens is 637 g/mol. The third-order valence-corrected chi connectivity index (χ3v) is 11.4. The van der Waals surface area contributed by atoms with Crippen molar-refractivity contribution in [2.75, 3.05) is 31.7 Å². The van der Waals surface area contributed by atoms with Crippen molar-refractivity contribution >= 4 is 29.2 Å². The number of aromatic nitrogens is 2. The number of carbonyl (C=O) groups is 2. The van der Waals surface area contributed by atoms with Crippen molar-refractivity contribution < 1.29 is 24.2 Å². The summed E-state index contributed by atoms with van der Waals surface area (Å²) in [6.07, 6.45) is 10.7. The van der Waals surface area contributed by atoms with E-state index in [2.05, 4.69) is 55.3 Å². The first-order valence-electron chi connectivity index (χ1n) is 17.9. The predicted molar refractivity (Wildman–Crippen MR) is 195 cm³/mol. The molecule has 0 unspecified atom stereocenters. The van der Waals surface area contributed by atoms with Gasteiger partial charge in [-0.2, -0.15) is 0 Å². The number of rotatable bonds is 12. The lowest BCUT2D eigenvalue weighted by atomic mass is 9.78. The molecule has 0 aliphatic heterocycles. The highest BCUT2D eigenvalue weighted by atomic mass is 32.1. The van der Waals surface area contributed by atoms with Crippen LogP contribution in [0.3, 0.4) is 0 Å². The number of anilines is 1. The van der Waals surface area contributed by atoms with Gasteiger partial charge in [0.05, 0.1) is 29.2 Å². The van der Waals surface area contributed by atoms with Crippen molar-refractivity contribution in [1.29, 1.82) is 0 Å². The summed E-state index contributed by atoms with van der Waals surface area (Å²) in [6, 6.07) is 10.6. The highest BCUT2D eigenvalue weighted by Crippen LogP contribution is 2.39. The largest absolute Gasteiger partial charge is 0.496 e. The smallest absolute Gasteiger partial charge is 0.407 e. The van der Waals surface area contributed by atoms with E-state index in [1.165, 1.54) is 11.1 Å². The molecule has 0 saturated heterocycles. The fourth-order valence-electron chi connectivity index (χ4n) is 7.13. The van der Waals surface area contributed by atoms with Crippen LogP contribution in [0.4, 0.5) is 10.6 Å². The Hall–Kier alpha value is -3.50. The van der Waals surface area contributed by atoms with Crippen LogP contribution in [0.15, 0.2) is 42.7 Å². The molecule has 2 aliphatic rings. The van der Waals surface area contributed by atoms with Gasteiger partial charge >= 0.3 is 6.09 Å².